The third-order valence-electron chi connectivity index (χ3n) is 3.34. The molecule has 102 valence electrons. The van der Waals surface area contributed by atoms with Crippen molar-refractivity contribution in [2.24, 2.45) is 0 Å². The predicted molar refractivity (Wildman–Crippen MR) is 82.0 cm³/mol. The number of aryl methyl sites for hydroxylation is 2. The van der Waals surface area contributed by atoms with Crippen LogP contribution in [0.2, 0.25) is 0 Å². The van der Waals surface area contributed by atoms with Crippen LogP contribution in [0.4, 0.5) is 0 Å². The molecule has 1 N–H and O–H groups in total. The molecule has 0 amide bonds. The van der Waals surface area contributed by atoms with E-state index >= 15 is 0 Å². The lowest BCUT2D eigenvalue weighted by molar-refractivity contribution is 0.413. The van der Waals surface area contributed by atoms with E-state index in [9.17, 15) is 0 Å². The van der Waals surface area contributed by atoms with Crippen molar-refractivity contribution in [2.45, 2.75) is 33.4 Å². The number of nitrogens with one attached hydrogen (secondary N) is 1. The second-order valence-corrected chi connectivity index (χ2v) is 6.28. The number of methoxy groups -OCH3 is 1. The van der Waals surface area contributed by atoms with E-state index in [1.54, 1.807) is 7.11 Å². The molecule has 0 fully saturated rings. The van der Waals surface area contributed by atoms with Crippen LogP contribution in [0.1, 0.15) is 33.8 Å². The number of ether oxygens (including phenoxy) is 1. The van der Waals surface area contributed by atoms with E-state index in [1.807, 2.05) is 23.5 Å². The molecule has 0 aliphatic carbocycles. The standard InChI is InChI=1S/C16H21NOS/c1-11-8-15(13(3)19-11)10-17-12(2)14-6-5-7-16(9-14)18-4/h5-9,12,17H,10H2,1-4H3. The van der Waals surface area contributed by atoms with Gasteiger partial charge in [0, 0.05) is 22.3 Å². The summed E-state index contributed by atoms with van der Waals surface area (Å²) in [4.78, 5) is 2.78. The molecule has 0 radical (unpaired) electrons. The summed E-state index contributed by atoms with van der Waals surface area (Å²) in [6, 6.07) is 10.8. The maximum absolute atomic E-state index is 5.26. The Morgan fingerprint density at radius 1 is 1.26 bits per heavy atom. The molecular weight excluding hydrogens is 254 g/mol. The highest BCUT2D eigenvalue weighted by Gasteiger charge is 2.08. The van der Waals surface area contributed by atoms with Gasteiger partial charge in [0.1, 0.15) is 5.75 Å². The van der Waals surface area contributed by atoms with Crippen LogP contribution in [0, 0.1) is 13.8 Å². The van der Waals surface area contributed by atoms with Gasteiger partial charge in [0.15, 0.2) is 0 Å². The van der Waals surface area contributed by atoms with Gasteiger partial charge in [-0.25, -0.2) is 0 Å². The minimum atomic E-state index is 0.315. The average Bonchev–Trinajstić information content (AvgIpc) is 2.74. The highest BCUT2D eigenvalue weighted by atomic mass is 32.1. The SMILES string of the molecule is COc1cccc(C(C)NCc2cc(C)sc2C)c1. The average molecular weight is 275 g/mol. The van der Waals surface area contributed by atoms with Gasteiger partial charge in [-0.05, 0) is 50.1 Å². The van der Waals surface area contributed by atoms with Crippen molar-refractivity contribution in [1.29, 1.82) is 0 Å². The smallest absolute Gasteiger partial charge is 0.119 e. The van der Waals surface area contributed by atoms with Crippen LogP contribution in [0.3, 0.4) is 0 Å². The molecule has 1 atom stereocenters. The minimum Gasteiger partial charge on any atom is -0.497 e. The van der Waals surface area contributed by atoms with Crippen molar-refractivity contribution in [3.8, 4) is 5.75 Å². The summed E-state index contributed by atoms with van der Waals surface area (Å²) in [5.74, 6) is 0.911. The van der Waals surface area contributed by atoms with Crippen LogP contribution in [0.5, 0.6) is 5.75 Å². The lowest BCUT2D eigenvalue weighted by atomic mass is 10.1. The summed E-state index contributed by atoms with van der Waals surface area (Å²) in [7, 11) is 1.70. The lowest BCUT2D eigenvalue weighted by Gasteiger charge is -2.15. The molecule has 1 heterocycles. The van der Waals surface area contributed by atoms with E-state index in [2.05, 4.69) is 44.3 Å². The highest BCUT2D eigenvalue weighted by Crippen LogP contribution is 2.22. The molecule has 0 saturated heterocycles. The summed E-state index contributed by atoms with van der Waals surface area (Å²) in [6.07, 6.45) is 0. The van der Waals surface area contributed by atoms with E-state index in [0.717, 1.165) is 12.3 Å². The Bertz CT molecular complexity index is 547. The summed E-state index contributed by atoms with van der Waals surface area (Å²) in [5.41, 5.74) is 2.65. The van der Waals surface area contributed by atoms with Crippen molar-refractivity contribution >= 4 is 11.3 Å². The summed E-state index contributed by atoms with van der Waals surface area (Å²) in [5, 5.41) is 3.57. The first-order chi connectivity index (χ1) is 9.10. The van der Waals surface area contributed by atoms with Gasteiger partial charge in [-0.3, -0.25) is 0 Å². The zero-order chi connectivity index (χ0) is 13.8. The second-order valence-electron chi connectivity index (χ2n) is 4.82. The molecule has 2 rings (SSSR count). The van der Waals surface area contributed by atoms with Crippen LogP contribution in [-0.2, 0) is 6.54 Å². The van der Waals surface area contributed by atoms with Crippen molar-refractivity contribution in [2.75, 3.05) is 7.11 Å². The molecule has 2 nitrogen and oxygen atoms in total. The van der Waals surface area contributed by atoms with E-state index in [-0.39, 0.29) is 0 Å². The molecule has 3 heteroatoms. The monoisotopic (exact) mass is 275 g/mol. The molecule has 1 aromatic heterocycles. The number of hydrogen-bond donors (Lipinski definition) is 1. The molecule has 1 aromatic carbocycles. The molecule has 0 saturated carbocycles. The van der Waals surface area contributed by atoms with E-state index in [0.29, 0.717) is 6.04 Å². The van der Waals surface area contributed by atoms with Gasteiger partial charge >= 0.3 is 0 Å². The van der Waals surface area contributed by atoms with E-state index < -0.39 is 0 Å². The predicted octanol–water partition coefficient (Wildman–Crippen LogP) is 4.22. The Balaban J connectivity index is 2.00. The van der Waals surface area contributed by atoms with Crippen molar-refractivity contribution < 1.29 is 4.74 Å². The van der Waals surface area contributed by atoms with Gasteiger partial charge in [-0.15, -0.1) is 11.3 Å². The van der Waals surface area contributed by atoms with Gasteiger partial charge in [0.2, 0.25) is 0 Å². The second kappa shape index (κ2) is 6.22. The Morgan fingerprint density at radius 3 is 2.68 bits per heavy atom. The maximum atomic E-state index is 5.26. The van der Waals surface area contributed by atoms with Gasteiger partial charge in [-0.2, -0.15) is 0 Å². The number of hydrogen-bond acceptors (Lipinski definition) is 3. The number of thiophene rings is 1. The molecular formula is C16H21NOS. The lowest BCUT2D eigenvalue weighted by Crippen LogP contribution is -2.18. The Morgan fingerprint density at radius 2 is 2.05 bits per heavy atom. The zero-order valence-corrected chi connectivity index (χ0v) is 12.8. The van der Waals surface area contributed by atoms with Crippen LogP contribution < -0.4 is 10.1 Å². The zero-order valence-electron chi connectivity index (χ0n) is 12.0. The largest absolute Gasteiger partial charge is 0.497 e. The summed E-state index contributed by atoms with van der Waals surface area (Å²) in [6.45, 7) is 7.44. The van der Waals surface area contributed by atoms with E-state index in [1.165, 1.54) is 20.9 Å². The topological polar surface area (TPSA) is 21.3 Å². The fourth-order valence-corrected chi connectivity index (χ4v) is 3.10. The van der Waals surface area contributed by atoms with Gasteiger partial charge in [0.25, 0.3) is 0 Å². The van der Waals surface area contributed by atoms with Crippen molar-refractivity contribution in [3.05, 3.63) is 51.2 Å². The fraction of sp³-hybridized carbons (Fsp3) is 0.375. The molecule has 2 aromatic rings. The van der Waals surface area contributed by atoms with Crippen LogP contribution in [0.25, 0.3) is 0 Å². The quantitative estimate of drug-likeness (QED) is 0.882. The summed E-state index contributed by atoms with van der Waals surface area (Å²) >= 11 is 1.86. The van der Waals surface area contributed by atoms with Crippen LogP contribution >= 0.6 is 11.3 Å². The van der Waals surface area contributed by atoms with Gasteiger partial charge in [0.05, 0.1) is 7.11 Å². The number of benzene rings is 1. The molecule has 0 bridgehead atoms. The highest BCUT2D eigenvalue weighted by molar-refractivity contribution is 7.12. The third-order valence-corrected chi connectivity index (χ3v) is 4.34. The molecule has 1 unspecified atom stereocenters. The fourth-order valence-electron chi connectivity index (χ4n) is 2.15. The van der Waals surface area contributed by atoms with Gasteiger partial charge in [-0.1, -0.05) is 12.1 Å². The first-order valence-electron chi connectivity index (χ1n) is 6.53. The van der Waals surface area contributed by atoms with E-state index in [4.69, 9.17) is 4.74 Å². The first kappa shape index (κ1) is 14.1. The minimum absolute atomic E-state index is 0.315. The van der Waals surface area contributed by atoms with Crippen molar-refractivity contribution in [1.82, 2.24) is 5.32 Å². The number of rotatable bonds is 5. The first-order valence-corrected chi connectivity index (χ1v) is 7.35. The Kier molecular flexibility index (Phi) is 4.61. The van der Waals surface area contributed by atoms with Crippen LogP contribution in [0.15, 0.2) is 30.3 Å². The molecule has 0 aliphatic heterocycles. The summed E-state index contributed by atoms with van der Waals surface area (Å²) < 4.78 is 5.26. The molecule has 0 aliphatic rings. The van der Waals surface area contributed by atoms with Gasteiger partial charge < -0.3 is 10.1 Å². The molecule has 0 spiro atoms. The third kappa shape index (κ3) is 3.58. The Hall–Kier alpha value is -1.32. The van der Waals surface area contributed by atoms with Crippen molar-refractivity contribution in [3.63, 3.8) is 0 Å². The Labute approximate surface area is 119 Å². The molecule has 19 heavy (non-hydrogen) atoms. The normalized spacial score (nSPS) is 12.4. The maximum Gasteiger partial charge on any atom is 0.119 e. The van der Waals surface area contributed by atoms with Crippen LogP contribution in [-0.4, -0.2) is 7.11 Å².